The molecule has 2 bridgehead atoms. The van der Waals surface area contributed by atoms with Crippen LogP contribution in [0.15, 0.2) is 36.4 Å². The van der Waals surface area contributed by atoms with Gasteiger partial charge in [-0.15, -0.1) is 0 Å². The van der Waals surface area contributed by atoms with Gasteiger partial charge in [0, 0.05) is 11.1 Å². The quantitative estimate of drug-likeness (QED) is 0.862. The van der Waals surface area contributed by atoms with Gasteiger partial charge in [-0.3, -0.25) is 4.79 Å². The molecule has 1 saturated carbocycles. The second kappa shape index (κ2) is 5.16. The van der Waals surface area contributed by atoms with E-state index >= 15 is 0 Å². The van der Waals surface area contributed by atoms with Gasteiger partial charge in [-0.2, -0.15) is 0 Å². The van der Waals surface area contributed by atoms with Crippen molar-refractivity contribution in [2.45, 2.75) is 37.7 Å². The Morgan fingerprint density at radius 3 is 2.59 bits per heavy atom. The Kier molecular flexibility index (Phi) is 3.14. The summed E-state index contributed by atoms with van der Waals surface area (Å²) in [6.45, 7) is 0.480. The summed E-state index contributed by atoms with van der Waals surface area (Å²) in [4.78, 5) is 11.2. The third-order valence-electron chi connectivity index (χ3n) is 4.98. The number of phenolic OH excluding ortho intramolecular Hbond substituents is 1. The maximum absolute atomic E-state index is 11.2. The minimum atomic E-state index is 0.171. The highest BCUT2D eigenvalue weighted by Crippen LogP contribution is 2.59. The molecule has 1 N–H and O–H groups in total. The number of ether oxygens (including phenoxy) is 1. The third kappa shape index (κ3) is 2.00. The first-order chi connectivity index (χ1) is 10.8. The Bertz CT molecular complexity index is 721. The van der Waals surface area contributed by atoms with Crippen LogP contribution in [0, 0.1) is 0 Å². The van der Waals surface area contributed by atoms with Crippen molar-refractivity contribution in [3.63, 3.8) is 0 Å². The van der Waals surface area contributed by atoms with E-state index in [-0.39, 0.29) is 5.75 Å². The highest BCUT2D eigenvalue weighted by Gasteiger charge is 2.41. The summed E-state index contributed by atoms with van der Waals surface area (Å²) in [6.07, 6.45) is 4.05. The van der Waals surface area contributed by atoms with Crippen LogP contribution in [0.3, 0.4) is 0 Å². The number of phenols is 1. The van der Waals surface area contributed by atoms with Crippen molar-refractivity contribution in [3.05, 3.63) is 58.7 Å². The van der Waals surface area contributed by atoms with Crippen LogP contribution >= 0.6 is 0 Å². The first-order valence-electron chi connectivity index (χ1n) is 7.79. The van der Waals surface area contributed by atoms with Gasteiger partial charge in [0.25, 0.3) is 0 Å². The van der Waals surface area contributed by atoms with E-state index in [1.54, 1.807) is 6.07 Å². The van der Waals surface area contributed by atoms with Crippen molar-refractivity contribution in [1.82, 2.24) is 0 Å². The van der Waals surface area contributed by atoms with Crippen molar-refractivity contribution in [3.8, 4) is 11.5 Å². The molecule has 2 aliphatic carbocycles. The molecule has 2 unspecified atom stereocenters. The Balaban J connectivity index is 1.72. The lowest BCUT2D eigenvalue weighted by Crippen LogP contribution is -2.05. The molecule has 1 fully saturated rings. The van der Waals surface area contributed by atoms with Gasteiger partial charge in [0.05, 0.1) is 5.56 Å². The highest BCUT2D eigenvalue weighted by molar-refractivity contribution is 5.83. The van der Waals surface area contributed by atoms with Crippen LogP contribution in [-0.2, 0) is 6.61 Å². The predicted molar refractivity (Wildman–Crippen MR) is 83.6 cm³/mol. The second-order valence-electron chi connectivity index (χ2n) is 6.24. The van der Waals surface area contributed by atoms with E-state index in [2.05, 4.69) is 0 Å². The largest absolute Gasteiger partial charge is 0.507 e. The molecule has 0 saturated heterocycles. The summed E-state index contributed by atoms with van der Waals surface area (Å²) >= 11 is 0. The van der Waals surface area contributed by atoms with E-state index in [0.29, 0.717) is 24.0 Å². The number of benzene rings is 2. The SMILES string of the molecule is O=Cc1cc(OCc2ccccc2)c2c(c1O)C1CCC2C1. The Labute approximate surface area is 129 Å². The van der Waals surface area contributed by atoms with Crippen molar-refractivity contribution in [2.75, 3.05) is 0 Å². The first-order valence-corrected chi connectivity index (χ1v) is 7.79. The first kappa shape index (κ1) is 13.4. The maximum atomic E-state index is 11.2. The molecule has 0 spiro atoms. The van der Waals surface area contributed by atoms with Gasteiger partial charge < -0.3 is 9.84 Å². The van der Waals surface area contributed by atoms with Crippen LogP contribution < -0.4 is 4.74 Å². The van der Waals surface area contributed by atoms with Crippen LogP contribution in [0.2, 0.25) is 0 Å². The van der Waals surface area contributed by atoms with E-state index < -0.39 is 0 Å². The minimum absolute atomic E-state index is 0.171. The van der Waals surface area contributed by atoms with Gasteiger partial charge >= 0.3 is 0 Å². The molecule has 2 atom stereocenters. The number of aldehydes is 1. The molecule has 3 nitrogen and oxygen atoms in total. The Morgan fingerprint density at radius 1 is 1.14 bits per heavy atom. The van der Waals surface area contributed by atoms with Gasteiger partial charge in [-0.1, -0.05) is 30.3 Å². The fraction of sp³-hybridized carbons (Fsp3) is 0.316. The fourth-order valence-electron chi connectivity index (χ4n) is 3.99. The zero-order valence-electron chi connectivity index (χ0n) is 12.3. The number of rotatable bonds is 4. The monoisotopic (exact) mass is 294 g/mol. The average molecular weight is 294 g/mol. The number of fused-ring (bicyclic) bond motifs is 5. The molecule has 2 aliphatic rings. The lowest BCUT2D eigenvalue weighted by molar-refractivity contribution is 0.112. The molecule has 112 valence electrons. The summed E-state index contributed by atoms with van der Waals surface area (Å²) < 4.78 is 6.02. The molecule has 4 rings (SSSR count). The molecular weight excluding hydrogens is 276 g/mol. The third-order valence-corrected chi connectivity index (χ3v) is 4.98. The summed E-state index contributed by atoms with van der Waals surface area (Å²) in [5.41, 5.74) is 3.54. The van der Waals surface area contributed by atoms with Crippen molar-refractivity contribution in [2.24, 2.45) is 0 Å². The number of hydrogen-bond donors (Lipinski definition) is 1. The number of carbonyl (C=O) groups excluding carboxylic acids is 1. The number of aromatic hydroxyl groups is 1. The molecule has 3 heteroatoms. The van der Waals surface area contributed by atoms with Crippen LogP contribution in [0.1, 0.15) is 58.1 Å². The van der Waals surface area contributed by atoms with Gasteiger partial charge in [-0.05, 0) is 42.7 Å². The molecular formula is C19H18O3. The summed E-state index contributed by atoms with van der Waals surface area (Å²) in [5.74, 6) is 1.80. The maximum Gasteiger partial charge on any atom is 0.153 e. The Hall–Kier alpha value is -2.29. The fourth-order valence-corrected chi connectivity index (χ4v) is 3.99. The van der Waals surface area contributed by atoms with Crippen molar-refractivity contribution < 1.29 is 14.6 Å². The highest BCUT2D eigenvalue weighted by atomic mass is 16.5. The van der Waals surface area contributed by atoms with Crippen LogP contribution in [0.4, 0.5) is 0 Å². The summed E-state index contributed by atoms with van der Waals surface area (Å²) in [6, 6.07) is 11.7. The van der Waals surface area contributed by atoms with E-state index in [1.165, 1.54) is 0 Å². The molecule has 0 amide bonds. The standard InChI is InChI=1S/C19H18O3/c20-10-15-9-16(22-11-12-4-2-1-3-5-12)17-13-6-7-14(8-13)18(17)19(15)21/h1-5,9-10,13-14,21H,6-8,11H2. The second-order valence-corrected chi connectivity index (χ2v) is 6.24. The molecule has 0 heterocycles. The van der Waals surface area contributed by atoms with Crippen LogP contribution in [0.25, 0.3) is 0 Å². The Morgan fingerprint density at radius 2 is 1.86 bits per heavy atom. The molecule has 0 aliphatic heterocycles. The number of hydrogen-bond acceptors (Lipinski definition) is 3. The van der Waals surface area contributed by atoms with E-state index in [9.17, 15) is 9.90 Å². The molecule has 0 radical (unpaired) electrons. The summed E-state index contributed by atoms with van der Waals surface area (Å²) in [5, 5.41) is 10.4. The zero-order valence-corrected chi connectivity index (χ0v) is 12.3. The van der Waals surface area contributed by atoms with Gasteiger partial charge in [0.15, 0.2) is 6.29 Å². The molecule has 2 aromatic rings. The predicted octanol–water partition coefficient (Wildman–Crippen LogP) is 4.15. The smallest absolute Gasteiger partial charge is 0.153 e. The average Bonchev–Trinajstić information content (AvgIpc) is 3.17. The number of carbonyl (C=O) groups is 1. The van der Waals surface area contributed by atoms with Crippen LogP contribution in [-0.4, -0.2) is 11.4 Å². The van der Waals surface area contributed by atoms with Gasteiger partial charge in [-0.25, -0.2) is 0 Å². The van der Waals surface area contributed by atoms with E-state index in [1.807, 2.05) is 30.3 Å². The minimum Gasteiger partial charge on any atom is -0.507 e. The lowest BCUT2D eigenvalue weighted by atomic mass is 9.88. The summed E-state index contributed by atoms with van der Waals surface area (Å²) in [7, 11) is 0. The molecule has 22 heavy (non-hydrogen) atoms. The molecule has 0 aromatic heterocycles. The van der Waals surface area contributed by atoms with Gasteiger partial charge in [0.1, 0.15) is 18.1 Å². The van der Waals surface area contributed by atoms with Crippen molar-refractivity contribution in [1.29, 1.82) is 0 Å². The van der Waals surface area contributed by atoms with Gasteiger partial charge in [0.2, 0.25) is 0 Å². The zero-order chi connectivity index (χ0) is 15.1. The normalized spacial score (nSPS) is 21.6. The molecule has 2 aromatic carbocycles. The van der Waals surface area contributed by atoms with E-state index in [4.69, 9.17) is 4.74 Å². The lowest BCUT2D eigenvalue weighted by Gasteiger charge is -2.21. The van der Waals surface area contributed by atoms with Crippen LogP contribution in [0.5, 0.6) is 11.5 Å². The van der Waals surface area contributed by atoms with E-state index in [0.717, 1.165) is 48.0 Å². The topological polar surface area (TPSA) is 46.5 Å². The van der Waals surface area contributed by atoms with Crippen molar-refractivity contribution >= 4 is 6.29 Å².